The molecular weight excluding hydrogens is 275 g/mol. The zero-order valence-electron chi connectivity index (χ0n) is 9.45. The first-order chi connectivity index (χ1) is 8.60. The minimum absolute atomic E-state index is 0.106. The number of methoxy groups -OCH3 is 1. The number of hydrogen-bond donors (Lipinski definition) is 2. The third-order valence-electron chi connectivity index (χ3n) is 2.23. The van der Waals surface area contributed by atoms with Gasteiger partial charge in [-0.05, 0) is 23.7 Å². The van der Waals surface area contributed by atoms with E-state index in [4.69, 9.17) is 33.7 Å². The molecule has 0 amide bonds. The molecule has 1 aromatic carbocycles. The average molecular weight is 285 g/mol. The fourth-order valence-corrected chi connectivity index (χ4v) is 1.61. The zero-order chi connectivity index (χ0) is 13.1. The smallest absolute Gasteiger partial charge is 0.224 e. The van der Waals surface area contributed by atoms with Gasteiger partial charge >= 0.3 is 0 Å². The van der Waals surface area contributed by atoms with Gasteiger partial charge in [0.05, 0.1) is 24.7 Å². The van der Waals surface area contributed by atoms with E-state index in [9.17, 15) is 0 Å². The van der Waals surface area contributed by atoms with Gasteiger partial charge in [-0.1, -0.05) is 11.6 Å². The molecule has 0 aliphatic rings. The molecule has 0 spiro atoms. The molecule has 0 saturated carbocycles. The maximum Gasteiger partial charge on any atom is 0.224 e. The Kier molecular flexibility index (Phi) is 3.74. The van der Waals surface area contributed by atoms with Crippen molar-refractivity contribution in [3.8, 4) is 5.75 Å². The Morgan fingerprint density at radius 1 is 1.33 bits per heavy atom. The van der Waals surface area contributed by atoms with Gasteiger partial charge in [0.15, 0.2) is 5.82 Å². The van der Waals surface area contributed by atoms with Crippen LogP contribution in [0.3, 0.4) is 0 Å². The Morgan fingerprint density at radius 3 is 2.78 bits per heavy atom. The molecule has 0 saturated heterocycles. The highest BCUT2D eigenvalue weighted by molar-refractivity contribution is 6.33. The van der Waals surface area contributed by atoms with E-state index in [1.807, 2.05) is 0 Å². The molecule has 18 heavy (non-hydrogen) atoms. The summed E-state index contributed by atoms with van der Waals surface area (Å²) >= 11 is 11.6. The monoisotopic (exact) mass is 284 g/mol. The highest BCUT2D eigenvalue weighted by atomic mass is 35.5. The SMILES string of the molecule is COc1ccc(Nc2nc(Cl)ncc2Cl)c(N)c1. The van der Waals surface area contributed by atoms with Crippen molar-refractivity contribution in [2.45, 2.75) is 0 Å². The fraction of sp³-hybridized carbons (Fsp3) is 0.0909. The summed E-state index contributed by atoms with van der Waals surface area (Å²) in [5.74, 6) is 1.07. The number of nitrogens with two attached hydrogens (primary N) is 1. The van der Waals surface area contributed by atoms with Crippen LogP contribution in [0, 0.1) is 0 Å². The van der Waals surface area contributed by atoms with Crippen LogP contribution in [0.4, 0.5) is 17.2 Å². The quantitative estimate of drug-likeness (QED) is 0.669. The Morgan fingerprint density at radius 2 is 2.11 bits per heavy atom. The Hall–Kier alpha value is -1.72. The van der Waals surface area contributed by atoms with Crippen molar-refractivity contribution in [1.29, 1.82) is 0 Å². The summed E-state index contributed by atoms with van der Waals surface area (Å²) < 4.78 is 5.06. The molecule has 0 unspecified atom stereocenters. The highest BCUT2D eigenvalue weighted by Gasteiger charge is 2.07. The van der Waals surface area contributed by atoms with E-state index in [2.05, 4.69) is 15.3 Å². The van der Waals surface area contributed by atoms with Crippen molar-refractivity contribution in [3.05, 3.63) is 34.7 Å². The van der Waals surface area contributed by atoms with E-state index in [-0.39, 0.29) is 5.28 Å². The second kappa shape index (κ2) is 5.29. The van der Waals surface area contributed by atoms with Crippen LogP contribution in [0.1, 0.15) is 0 Å². The van der Waals surface area contributed by atoms with Crippen LogP contribution in [-0.4, -0.2) is 17.1 Å². The average Bonchev–Trinajstić information content (AvgIpc) is 2.36. The van der Waals surface area contributed by atoms with Crippen molar-refractivity contribution in [2.24, 2.45) is 0 Å². The minimum atomic E-state index is 0.106. The number of ether oxygens (including phenoxy) is 1. The predicted molar refractivity (Wildman–Crippen MR) is 72.7 cm³/mol. The van der Waals surface area contributed by atoms with Crippen molar-refractivity contribution in [2.75, 3.05) is 18.2 Å². The number of halogens is 2. The lowest BCUT2D eigenvalue weighted by molar-refractivity contribution is 0.415. The third kappa shape index (κ3) is 2.75. The molecular formula is C11H10Cl2N4O. The number of nitrogen functional groups attached to an aromatic ring is 1. The molecule has 0 bridgehead atoms. The maximum atomic E-state index is 5.95. The van der Waals surface area contributed by atoms with Crippen LogP contribution >= 0.6 is 23.2 Å². The fourth-order valence-electron chi connectivity index (χ4n) is 1.34. The molecule has 1 heterocycles. The van der Waals surface area contributed by atoms with E-state index >= 15 is 0 Å². The van der Waals surface area contributed by atoms with Gasteiger partial charge in [0.25, 0.3) is 0 Å². The molecule has 0 atom stereocenters. The Labute approximate surface area is 114 Å². The Balaban J connectivity index is 2.31. The van der Waals surface area contributed by atoms with E-state index < -0.39 is 0 Å². The van der Waals surface area contributed by atoms with Gasteiger partial charge < -0.3 is 15.8 Å². The molecule has 5 nitrogen and oxygen atoms in total. The summed E-state index contributed by atoms with van der Waals surface area (Å²) in [5, 5.41) is 3.45. The Bertz CT molecular complexity index is 577. The van der Waals surface area contributed by atoms with Gasteiger partial charge in [-0.15, -0.1) is 0 Å². The molecule has 7 heteroatoms. The molecule has 2 aromatic rings. The van der Waals surface area contributed by atoms with E-state index in [0.29, 0.717) is 28.0 Å². The number of nitrogens with zero attached hydrogens (tertiary/aromatic N) is 2. The topological polar surface area (TPSA) is 73.1 Å². The summed E-state index contributed by atoms with van der Waals surface area (Å²) in [6.45, 7) is 0. The predicted octanol–water partition coefficient (Wildman–Crippen LogP) is 3.12. The number of anilines is 3. The molecule has 0 fully saturated rings. The lowest BCUT2D eigenvalue weighted by Crippen LogP contribution is -2.00. The third-order valence-corrected chi connectivity index (χ3v) is 2.69. The number of nitrogens with one attached hydrogen (secondary N) is 1. The van der Waals surface area contributed by atoms with E-state index in [0.717, 1.165) is 0 Å². The van der Waals surface area contributed by atoms with Gasteiger partial charge in [-0.25, -0.2) is 4.98 Å². The van der Waals surface area contributed by atoms with Crippen molar-refractivity contribution < 1.29 is 4.74 Å². The molecule has 0 radical (unpaired) electrons. The largest absolute Gasteiger partial charge is 0.497 e. The standard InChI is InChI=1S/C11H10Cl2N4O/c1-18-6-2-3-9(8(14)4-6)16-10-7(12)5-15-11(13)17-10/h2-5H,14H2,1H3,(H,15,16,17). The number of aromatic nitrogens is 2. The molecule has 0 aliphatic carbocycles. The van der Waals surface area contributed by atoms with Gasteiger partial charge in [0.1, 0.15) is 10.8 Å². The second-order valence-corrected chi connectivity index (χ2v) is 4.16. The maximum absolute atomic E-state index is 5.95. The van der Waals surface area contributed by atoms with Crippen molar-refractivity contribution in [3.63, 3.8) is 0 Å². The molecule has 94 valence electrons. The van der Waals surface area contributed by atoms with Crippen LogP contribution in [0.25, 0.3) is 0 Å². The normalized spacial score (nSPS) is 10.2. The second-order valence-electron chi connectivity index (χ2n) is 3.41. The van der Waals surface area contributed by atoms with Gasteiger partial charge in [0, 0.05) is 6.07 Å². The molecule has 1 aromatic heterocycles. The first-order valence-electron chi connectivity index (χ1n) is 4.98. The van der Waals surface area contributed by atoms with Gasteiger partial charge in [-0.2, -0.15) is 4.98 Å². The van der Waals surface area contributed by atoms with Crippen LogP contribution in [0.2, 0.25) is 10.3 Å². The van der Waals surface area contributed by atoms with Crippen LogP contribution in [-0.2, 0) is 0 Å². The van der Waals surface area contributed by atoms with Crippen molar-refractivity contribution >= 4 is 40.4 Å². The summed E-state index contributed by atoms with van der Waals surface area (Å²) in [7, 11) is 1.57. The molecule has 2 rings (SSSR count). The first kappa shape index (κ1) is 12.7. The number of rotatable bonds is 3. The minimum Gasteiger partial charge on any atom is -0.497 e. The highest BCUT2D eigenvalue weighted by Crippen LogP contribution is 2.29. The van der Waals surface area contributed by atoms with Gasteiger partial charge in [0.2, 0.25) is 5.28 Å². The summed E-state index contributed by atoms with van der Waals surface area (Å²) in [6.07, 6.45) is 1.42. The van der Waals surface area contributed by atoms with E-state index in [1.165, 1.54) is 6.20 Å². The number of benzene rings is 1. The summed E-state index contributed by atoms with van der Waals surface area (Å²) in [6, 6.07) is 5.23. The summed E-state index contributed by atoms with van der Waals surface area (Å²) in [4.78, 5) is 7.74. The van der Waals surface area contributed by atoms with E-state index in [1.54, 1.807) is 25.3 Å². The van der Waals surface area contributed by atoms with Crippen LogP contribution in [0.5, 0.6) is 5.75 Å². The number of hydrogen-bond acceptors (Lipinski definition) is 5. The lowest BCUT2D eigenvalue weighted by Gasteiger charge is -2.10. The first-order valence-corrected chi connectivity index (χ1v) is 5.74. The zero-order valence-corrected chi connectivity index (χ0v) is 11.0. The lowest BCUT2D eigenvalue weighted by atomic mass is 10.2. The summed E-state index contributed by atoms with van der Waals surface area (Å²) in [5.41, 5.74) is 7.04. The molecule has 0 aliphatic heterocycles. The molecule has 3 N–H and O–H groups in total. The van der Waals surface area contributed by atoms with Crippen LogP contribution < -0.4 is 15.8 Å². The van der Waals surface area contributed by atoms with Crippen LogP contribution in [0.15, 0.2) is 24.4 Å². The van der Waals surface area contributed by atoms with Gasteiger partial charge in [-0.3, -0.25) is 0 Å². The van der Waals surface area contributed by atoms with Crippen molar-refractivity contribution in [1.82, 2.24) is 9.97 Å².